The molecule has 96 valence electrons. The zero-order chi connectivity index (χ0) is 12.8. The maximum atomic E-state index is 11.7. The van der Waals surface area contributed by atoms with E-state index >= 15 is 0 Å². The van der Waals surface area contributed by atoms with E-state index in [1.54, 1.807) is 11.8 Å². The number of methoxy groups -OCH3 is 1. The van der Waals surface area contributed by atoms with Crippen molar-refractivity contribution in [3.63, 3.8) is 0 Å². The molecule has 2 unspecified atom stereocenters. The summed E-state index contributed by atoms with van der Waals surface area (Å²) in [6, 6.07) is 0.203. The van der Waals surface area contributed by atoms with E-state index in [0.717, 1.165) is 0 Å². The Bertz CT molecular complexity index is 223. The summed E-state index contributed by atoms with van der Waals surface area (Å²) in [4.78, 5) is 11.7. The normalized spacial score (nSPS) is 16.9. The molecule has 2 atom stereocenters. The first-order chi connectivity index (χ1) is 7.35. The average Bonchev–Trinajstić information content (AvgIpc) is 2.23. The van der Waals surface area contributed by atoms with Gasteiger partial charge in [0.15, 0.2) is 0 Å². The van der Waals surface area contributed by atoms with E-state index in [9.17, 15) is 4.79 Å². The molecule has 0 saturated heterocycles. The van der Waals surface area contributed by atoms with Crippen LogP contribution in [0.2, 0.25) is 0 Å². The van der Waals surface area contributed by atoms with Crippen LogP contribution < -0.4 is 5.32 Å². The maximum absolute atomic E-state index is 11.7. The number of ether oxygens (including phenoxy) is 1. The van der Waals surface area contributed by atoms with E-state index < -0.39 is 5.54 Å². The zero-order valence-corrected chi connectivity index (χ0v) is 11.6. The Balaban J connectivity index is 4.47. The fourth-order valence-corrected chi connectivity index (χ4v) is 2.31. The molecule has 0 fully saturated rings. The van der Waals surface area contributed by atoms with Crippen LogP contribution in [-0.4, -0.2) is 47.4 Å². The molecule has 4 nitrogen and oxygen atoms in total. The smallest absolute Gasteiger partial charge is 0.326 e. The van der Waals surface area contributed by atoms with Crippen LogP contribution in [0.15, 0.2) is 0 Å². The third kappa shape index (κ3) is 5.18. The fraction of sp³-hybridized carbons (Fsp3) is 0.909. The number of rotatable bonds is 7. The number of aliphatic hydroxyl groups excluding tert-OH is 1. The zero-order valence-electron chi connectivity index (χ0n) is 10.7. The summed E-state index contributed by atoms with van der Waals surface area (Å²) >= 11 is 1.56. The largest absolute Gasteiger partial charge is 0.468 e. The van der Waals surface area contributed by atoms with Gasteiger partial charge in [0, 0.05) is 17.0 Å². The molecule has 0 aromatic heterocycles. The summed E-state index contributed by atoms with van der Waals surface area (Å²) in [5, 5.41) is 12.3. The molecule has 0 aromatic rings. The maximum Gasteiger partial charge on any atom is 0.326 e. The molecular weight excluding hydrogens is 226 g/mol. The third-order valence-corrected chi connectivity index (χ3v) is 3.62. The van der Waals surface area contributed by atoms with Crippen molar-refractivity contribution in [2.45, 2.75) is 44.5 Å². The molecule has 0 heterocycles. The van der Waals surface area contributed by atoms with E-state index in [4.69, 9.17) is 9.84 Å². The van der Waals surface area contributed by atoms with Gasteiger partial charge in [0.25, 0.3) is 0 Å². The molecule has 0 rings (SSSR count). The van der Waals surface area contributed by atoms with Crippen LogP contribution in [-0.2, 0) is 9.53 Å². The number of thioether (sulfide) groups is 1. The topological polar surface area (TPSA) is 58.6 Å². The van der Waals surface area contributed by atoms with Crippen molar-refractivity contribution in [2.75, 3.05) is 19.5 Å². The summed E-state index contributed by atoms with van der Waals surface area (Å²) in [5.74, 6) is 0.318. The van der Waals surface area contributed by atoms with Gasteiger partial charge < -0.3 is 9.84 Å². The van der Waals surface area contributed by atoms with Gasteiger partial charge in [-0.3, -0.25) is 10.1 Å². The van der Waals surface area contributed by atoms with Crippen LogP contribution in [0.25, 0.3) is 0 Å². The van der Waals surface area contributed by atoms with E-state index in [0.29, 0.717) is 5.75 Å². The number of hydrogen-bond donors (Lipinski definition) is 2. The minimum absolute atomic E-state index is 0.115. The number of carbonyl (C=O) groups is 1. The Morgan fingerprint density at radius 2 is 2.06 bits per heavy atom. The van der Waals surface area contributed by atoms with Gasteiger partial charge in [-0.1, -0.05) is 6.92 Å². The van der Waals surface area contributed by atoms with Gasteiger partial charge in [-0.15, -0.1) is 0 Å². The van der Waals surface area contributed by atoms with Crippen molar-refractivity contribution in [1.82, 2.24) is 5.32 Å². The molecule has 0 saturated carbocycles. The highest BCUT2D eigenvalue weighted by Gasteiger charge is 2.35. The number of esters is 1. The quantitative estimate of drug-likeness (QED) is 0.660. The summed E-state index contributed by atoms with van der Waals surface area (Å²) in [7, 11) is 1.39. The number of hydrogen-bond acceptors (Lipinski definition) is 5. The molecule has 2 N–H and O–H groups in total. The Morgan fingerprint density at radius 1 is 1.50 bits per heavy atom. The first-order valence-corrected chi connectivity index (χ1v) is 6.49. The van der Waals surface area contributed by atoms with Crippen LogP contribution >= 0.6 is 11.8 Å². The predicted molar refractivity (Wildman–Crippen MR) is 67.7 cm³/mol. The van der Waals surface area contributed by atoms with Crippen LogP contribution in [0.3, 0.4) is 0 Å². The minimum Gasteiger partial charge on any atom is -0.468 e. The lowest BCUT2D eigenvalue weighted by atomic mass is 10.0. The van der Waals surface area contributed by atoms with Gasteiger partial charge >= 0.3 is 5.97 Å². The summed E-state index contributed by atoms with van der Waals surface area (Å²) in [6.07, 6.45) is 0. The van der Waals surface area contributed by atoms with Crippen molar-refractivity contribution < 1.29 is 14.6 Å². The van der Waals surface area contributed by atoms with Crippen LogP contribution in [0.1, 0.15) is 27.7 Å². The van der Waals surface area contributed by atoms with Crippen molar-refractivity contribution >= 4 is 17.7 Å². The Hall–Kier alpha value is -0.260. The molecule has 5 heteroatoms. The minimum atomic E-state index is -0.697. The molecular formula is C11H23NO3S. The molecule has 0 aromatic carbocycles. The van der Waals surface area contributed by atoms with Crippen LogP contribution in [0.5, 0.6) is 0 Å². The first-order valence-electron chi connectivity index (χ1n) is 5.44. The van der Waals surface area contributed by atoms with Gasteiger partial charge in [-0.25, -0.2) is 0 Å². The Morgan fingerprint density at radius 3 is 2.44 bits per heavy atom. The highest BCUT2D eigenvalue weighted by Crippen LogP contribution is 2.19. The van der Waals surface area contributed by atoms with Crippen molar-refractivity contribution in [1.29, 1.82) is 0 Å². The van der Waals surface area contributed by atoms with E-state index in [-0.39, 0.29) is 23.9 Å². The van der Waals surface area contributed by atoms with Crippen LogP contribution in [0, 0.1) is 0 Å². The number of carbonyl (C=O) groups excluding carboxylic acids is 1. The van der Waals surface area contributed by atoms with E-state index in [1.807, 2.05) is 27.7 Å². The monoisotopic (exact) mass is 249 g/mol. The predicted octanol–water partition coefficient (Wildman–Crippen LogP) is 1.03. The molecule has 0 aliphatic rings. The van der Waals surface area contributed by atoms with E-state index in [2.05, 4.69) is 5.32 Å². The average molecular weight is 249 g/mol. The molecule has 0 bridgehead atoms. The molecule has 0 spiro atoms. The second kappa shape index (κ2) is 7.14. The van der Waals surface area contributed by atoms with Crippen molar-refractivity contribution in [3.8, 4) is 0 Å². The Labute approximate surface area is 102 Å². The second-order valence-electron chi connectivity index (χ2n) is 4.43. The van der Waals surface area contributed by atoms with Crippen LogP contribution in [0.4, 0.5) is 0 Å². The molecule has 0 aliphatic carbocycles. The van der Waals surface area contributed by atoms with Gasteiger partial charge in [-0.2, -0.15) is 11.8 Å². The fourth-order valence-electron chi connectivity index (χ4n) is 1.38. The van der Waals surface area contributed by atoms with Gasteiger partial charge in [0.05, 0.1) is 13.7 Å². The SMILES string of the molecule is COC(=O)C(C)(CSC(C)CO)NC(C)C. The molecule has 0 aliphatic heterocycles. The lowest BCUT2D eigenvalue weighted by Crippen LogP contribution is -2.55. The van der Waals surface area contributed by atoms with E-state index in [1.165, 1.54) is 7.11 Å². The molecule has 0 amide bonds. The number of nitrogens with one attached hydrogen (secondary N) is 1. The molecule has 0 radical (unpaired) electrons. The number of aliphatic hydroxyl groups is 1. The second-order valence-corrected chi connectivity index (χ2v) is 5.85. The summed E-state index contributed by atoms with van der Waals surface area (Å²) in [6.45, 7) is 7.85. The van der Waals surface area contributed by atoms with Crippen molar-refractivity contribution in [3.05, 3.63) is 0 Å². The van der Waals surface area contributed by atoms with Gasteiger partial charge in [0.1, 0.15) is 5.54 Å². The summed E-state index contributed by atoms with van der Waals surface area (Å²) < 4.78 is 4.80. The van der Waals surface area contributed by atoms with Gasteiger partial charge in [-0.05, 0) is 20.8 Å². The third-order valence-electron chi connectivity index (χ3n) is 2.16. The Kier molecular flexibility index (Phi) is 7.03. The van der Waals surface area contributed by atoms with Crippen molar-refractivity contribution in [2.24, 2.45) is 0 Å². The van der Waals surface area contributed by atoms with Gasteiger partial charge in [0.2, 0.25) is 0 Å². The summed E-state index contributed by atoms with van der Waals surface area (Å²) in [5.41, 5.74) is -0.697. The lowest BCUT2D eigenvalue weighted by molar-refractivity contribution is -0.147. The lowest BCUT2D eigenvalue weighted by Gasteiger charge is -2.30. The highest BCUT2D eigenvalue weighted by molar-refractivity contribution is 8.00. The highest BCUT2D eigenvalue weighted by atomic mass is 32.2. The molecule has 16 heavy (non-hydrogen) atoms. The first kappa shape index (κ1) is 15.7. The standard InChI is InChI=1S/C11H23NO3S/c1-8(2)12-11(4,10(14)15-5)7-16-9(3)6-13/h8-9,12-13H,6-7H2,1-5H3.